The van der Waals surface area contributed by atoms with Crippen LogP contribution in [0.5, 0.6) is 0 Å². The van der Waals surface area contributed by atoms with E-state index in [0.29, 0.717) is 5.69 Å². The quantitative estimate of drug-likeness (QED) is 0.478. The fourth-order valence-electron chi connectivity index (χ4n) is 3.40. The number of nitrogens with one attached hydrogen (secondary N) is 2. The van der Waals surface area contributed by atoms with E-state index in [4.69, 9.17) is 0 Å². The fourth-order valence-corrected chi connectivity index (χ4v) is 4.79. The Labute approximate surface area is 193 Å². The van der Waals surface area contributed by atoms with Gasteiger partial charge in [0.05, 0.1) is 16.6 Å². The van der Waals surface area contributed by atoms with Crippen molar-refractivity contribution in [3.05, 3.63) is 66.0 Å². The molecule has 0 unspecified atom stereocenters. The minimum Gasteiger partial charge on any atom is -0.465 e. The molecule has 0 saturated carbocycles. The van der Waals surface area contributed by atoms with Gasteiger partial charge in [-0.3, -0.25) is 4.90 Å². The molecule has 0 aliphatic carbocycles. The first-order valence-electron chi connectivity index (χ1n) is 10.4. The molecule has 0 bridgehead atoms. The maximum atomic E-state index is 12.9. The van der Waals surface area contributed by atoms with Gasteiger partial charge in [0.15, 0.2) is 0 Å². The van der Waals surface area contributed by atoms with Gasteiger partial charge in [-0.05, 0) is 69.5 Å². The van der Waals surface area contributed by atoms with Crippen LogP contribution in [0.1, 0.15) is 45.9 Å². The summed E-state index contributed by atoms with van der Waals surface area (Å²) in [7, 11) is -3.80. The van der Waals surface area contributed by atoms with Crippen molar-refractivity contribution >= 4 is 16.1 Å². The van der Waals surface area contributed by atoms with Crippen LogP contribution < -0.4 is 4.72 Å². The normalized spacial score (nSPS) is 12.5. The van der Waals surface area contributed by atoms with Gasteiger partial charge in [0, 0.05) is 12.1 Å². The summed E-state index contributed by atoms with van der Waals surface area (Å²) in [6.07, 6.45) is 0.493. The van der Waals surface area contributed by atoms with Crippen LogP contribution in [0.25, 0.3) is 11.1 Å². The molecular formula is C23H29N5O4S. The number of amides is 1. The van der Waals surface area contributed by atoms with Crippen LogP contribution >= 0.6 is 0 Å². The Balaban J connectivity index is 1.81. The van der Waals surface area contributed by atoms with Gasteiger partial charge in [0.1, 0.15) is 5.69 Å². The highest BCUT2D eigenvalue weighted by Crippen LogP contribution is 2.26. The van der Waals surface area contributed by atoms with Crippen molar-refractivity contribution in [2.24, 2.45) is 0 Å². The van der Waals surface area contributed by atoms with Gasteiger partial charge in [-0.2, -0.15) is 20.1 Å². The molecule has 0 aliphatic heterocycles. The lowest BCUT2D eigenvalue weighted by atomic mass is 10.0. The number of H-pyrrole nitrogens is 1. The fraction of sp³-hybridized carbons (Fsp3) is 0.348. The van der Waals surface area contributed by atoms with E-state index in [2.05, 4.69) is 20.1 Å². The largest absolute Gasteiger partial charge is 0.465 e. The van der Waals surface area contributed by atoms with Crippen molar-refractivity contribution in [1.29, 1.82) is 0 Å². The molecule has 2 aromatic carbocycles. The van der Waals surface area contributed by atoms with E-state index in [1.165, 1.54) is 11.1 Å². The molecule has 0 fully saturated rings. The second kappa shape index (κ2) is 8.95. The third-order valence-corrected chi connectivity index (χ3v) is 6.92. The maximum Gasteiger partial charge on any atom is 0.408 e. The average molecular weight is 472 g/mol. The molecular weight excluding hydrogens is 442 g/mol. The molecule has 1 heterocycles. The highest BCUT2D eigenvalue weighted by atomic mass is 32.2. The molecule has 0 atom stereocenters. The topological polar surface area (TPSA) is 128 Å². The zero-order chi connectivity index (χ0) is 24.4. The summed E-state index contributed by atoms with van der Waals surface area (Å²) in [6.45, 7) is 9.22. The molecule has 1 amide bonds. The van der Waals surface area contributed by atoms with E-state index in [9.17, 15) is 18.3 Å². The number of sulfonamides is 1. The molecule has 3 rings (SSSR count). The molecule has 0 aliphatic rings. The zero-order valence-corrected chi connectivity index (χ0v) is 20.1. The lowest BCUT2D eigenvalue weighted by Gasteiger charge is -2.33. The van der Waals surface area contributed by atoms with E-state index in [1.54, 1.807) is 38.1 Å². The highest BCUT2D eigenvalue weighted by molar-refractivity contribution is 7.89. The van der Waals surface area contributed by atoms with Crippen molar-refractivity contribution < 1.29 is 18.3 Å². The van der Waals surface area contributed by atoms with E-state index in [0.717, 1.165) is 16.7 Å². The molecule has 10 heteroatoms. The molecule has 176 valence electrons. The van der Waals surface area contributed by atoms with Gasteiger partial charge in [0.25, 0.3) is 0 Å². The number of hydrogen-bond acceptors (Lipinski definition) is 5. The monoisotopic (exact) mass is 471 g/mol. The van der Waals surface area contributed by atoms with Gasteiger partial charge in [0.2, 0.25) is 10.0 Å². The van der Waals surface area contributed by atoms with Gasteiger partial charge >= 0.3 is 6.09 Å². The van der Waals surface area contributed by atoms with Crippen molar-refractivity contribution in [1.82, 2.24) is 25.0 Å². The highest BCUT2D eigenvalue weighted by Gasteiger charge is 2.30. The van der Waals surface area contributed by atoms with Crippen LogP contribution in [0.4, 0.5) is 4.79 Å². The summed E-state index contributed by atoms with van der Waals surface area (Å²) in [5.74, 6) is 0. The number of hydrogen-bond donors (Lipinski definition) is 3. The first-order valence-corrected chi connectivity index (χ1v) is 11.9. The first-order chi connectivity index (χ1) is 15.3. The molecule has 33 heavy (non-hydrogen) atoms. The standard InChI is InChI=1S/C23H29N5O4S/c1-22(2,3)28(21(29)30)15-16-7-6-8-18(13-16)17-9-11-19(12-10-17)33(31,32)26-23(4,5)20-14-24-27-25-20/h6-14,26H,15H2,1-5H3,(H,29,30)(H,24,25,27). The molecule has 0 saturated heterocycles. The number of carbonyl (C=O) groups is 1. The second-order valence-electron chi connectivity index (χ2n) is 9.35. The summed E-state index contributed by atoms with van der Waals surface area (Å²) in [5.41, 5.74) is 1.53. The number of aromatic nitrogens is 3. The predicted octanol–water partition coefficient (Wildman–Crippen LogP) is 3.96. The smallest absolute Gasteiger partial charge is 0.408 e. The molecule has 0 spiro atoms. The molecule has 1 aromatic heterocycles. The van der Waals surface area contributed by atoms with Crippen LogP contribution in [0, 0.1) is 0 Å². The minimum absolute atomic E-state index is 0.128. The summed E-state index contributed by atoms with van der Waals surface area (Å²) >= 11 is 0. The van der Waals surface area contributed by atoms with Crippen molar-refractivity contribution in [2.45, 2.75) is 57.1 Å². The Morgan fingerprint density at radius 3 is 2.27 bits per heavy atom. The van der Waals surface area contributed by atoms with Gasteiger partial charge in [-0.15, -0.1) is 0 Å². The Morgan fingerprint density at radius 2 is 1.73 bits per heavy atom. The van der Waals surface area contributed by atoms with Crippen LogP contribution in [-0.2, 0) is 22.1 Å². The van der Waals surface area contributed by atoms with Gasteiger partial charge in [-0.1, -0.05) is 30.3 Å². The van der Waals surface area contributed by atoms with Gasteiger partial charge < -0.3 is 5.11 Å². The number of carboxylic acid groups (broad SMARTS) is 1. The van der Waals surface area contributed by atoms with E-state index in [-0.39, 0.29) is 11.4 Å². The van der Waals surface area contributed by atoms with E-state index < -0.39 is 27.2 Å². The summed E-state index contributed by atoms with van der Waals surface area (Å²) in [5, 5.41) is 19.8. The lowest BCUT2D eigenvalue weighted by molar-refractivity contribution is 0.0955. The van der Waals surface area contributed by atoms with Gasteiger partial charge in [-0.25, -0.2) is 13.2 Å². The molecule has 9 nitrogen and oxygen atoms in total. The Kier molecular flexibility index (Phi) is 6.62. The van der Waals surface area contributed by atoms with Crippen LogP contribution in [-0.4, -0.2) is 45.5 Å². The first kappa shape index (κ1) is 24.4. The van der Waals surface area contributed by atoms with Crippen molar-refractivity contribution in [2.75, 3.05) is 0 Å². The van der Waals surface area contributed by atoms with E-state index in [1.807, 2.05) is 45.0 Å². The number of rotatable bonds is 7. The minimum atomic E-state index is -3.80. The molecule has 0 radical (unpaired) electrons. The number of benzene rings is 2. The summed E-state index contributed by atoms with van der Waals surface area (Å²) < 4.78 is 28.4. The van der Waals surface area contributed by atoms with Crippen molar-refractivity contribution in [3.8, 4) is 11.1 Å². The Morgan fingerprint density at radius 1 is 1.06 bits per heavy atom. The Hall–Kier alpha value is -3.24. The number of aromatic amines is 1. The van der Waals surface area contributed by atoms with Crippen molar-refractivity contribution in [3.63, 3.8) is 0 Å². The predicted molar refractivity (Wildman–Crippen MR) is 125 cm³/mol. The van der Waals surface area contributed by atoms with Crippen LogP contribution in [0.3, 0.4) is 0 Å². The summed E-state index contributed by atoms with van der Waals surface area (Å²) in [4.78, 5) is 13.2. The zero-order valence-electron chi connectivity index (χ0n) is 19.3. The van der Waals surface area contributed by atoms with E-state index >= 15 is 0 Å². The average Bonchev–Trinajstić information content (AvgIpc) is 3.27. The number of nitrogens with zero attached hydrogens (tertiary/aromatic N) is 3. The third-order valence-electron chi connectivity index (χ3n) is 5.25. The van der Waals surface area contributed by atoms with Crippen LogP contribution in [0.2, 0.25) is 0 Å². The van der Waals surface area contributed by atoms with Crippen LogP contribution in [0.15, 0.2) is 59.6 Å². The maximum absolute atomic E-state index is 12.9. The second-order valence-corrected chi connectivity index (χ2v) is 11.0. The summed E-state index contributed by atoms with van der Waals surface area (Å²) in [6, 6.07) is 14.1. The Bertz CT molecular complexity index is 1210. The molecule has 3 aromatic rings. The third kappa shape index (κ3) is 5.77. The SMILES string of the molecule is CC(C)(NS(=O)(=O)c1ccc(-c2cccc(CN(C(=O)O)C(C)(C)C)c2)cc1)c1cn[nH]n1. The lowest BCUT2D eigenvalue weighted by Crippen LogP contribution is -2.44. The molecule has 3 N–H and O–H groups in total.